The van der Waals surface area contributed by atoms with Crippen molar-refractivity contribution in [3.8, 4) is 0 Å². The Morgan fingerprint density at radius 2 is 2.17 bits per heavy atom. The number of thioether (sulfide) groups is 1. The lowest BCUT2D eigenvalue weighted by atomic mass is 10.0. The van der Waals surface area contributed by atoms with E-state index >= 15 is 0 Å². The van der Waals surface area contributed by atoms with Crippen LogP contribution < -0.4 is 11.1 Å². The molecule has 18 heavy (non-hydrogen) atoms. The van der Waals surface area contributed by atoms with E-state index in [0.29, 0.717) is 6.04 Å². The monoisotopic (exact) mass is 273 g/mol. The number of hydrogen-bond donors (Lipinski definition) is 2. The van der Waals surface area contributed by atoms with Gasteiger partial charge in [-0.05, 0) is 44.2 Å². The van der Waals surface area contributed by atoms with Crippen molar-refractivity contribution >= 4 is 17.7 Å². The molecule has 1 fully saturated rings. The zero-order chi connectivity index (χ0) is 13.4. The van der Waals surface area contributed by atoms with Crippen molar-refractivity contribution in [2.75, 3.05) is 31.6 Å². The number of nitrogens with two attached hydrogens (primary N) is 1. The predicted molar refractivity (Wildman–Crippen MR) is 78.9 cm³/mol. The van der Waals surface area contributed by atoms with Gasteiger partial charge in [0.15, 0.2) is 0 Å². The third kappa shape index (κ3) is 5.59. The summed E-state index contributed by atoms with van der Waals surface area (Å²) in [7, 11) is 0. The lowest BCUT2D eigenvalue weighted by molar-refractivity contribution is -0.123. The van der Waals surface area contributed by atoms with Crippen LogP contribution in [0.25, 0.3) is 0 Å². The van der Waals surface area contributed by atoms with Crippen molar-refractivity contribution in [2.24, 2.45) is 5.73 Å². The Balaban J connectivity index is 2.21. The average Bonchev–Trinajstić information content (AvgIpc) is 2.38. The van der Waals surface area contributed by atoms with Crippen LogP contribution in [0.4, 0.5) is 0 Å². The summed E-state index contributed by atoms with van der Waals surface area (Å²) in [4.78, 5) is 14.3. The van der Waals surface area contributed by atoms with Crippen LogP contribution in [0, 0.1) is 0 Å². The SMILES string of the molecule is CCCN1CCC(NC(=O)[C@@H](N)CCSC)CC1. The van der Waals surface area contributed by atoms with Gasteiger partial charge < -0.3 is 16.0 Å². The maximum Gasteiger partial charge on any atom is 0.237 e. The fourth-order valence-corrected chi connectivity index (χ4v) is 2.79. The molecular weight excluding hydrogens is 246 g/mol. The number of amides is 1. The predicted octanol–water partition coefficient (Wildman–Crippen LogP) is 1.06. The van der Waals surface area contributed by atoms with Crippen molar-refractivity contribution in [3.63, 3.8) is 0 Å². The summed E-state index contributed by atoms with van der Waals surface area (Å²) in [6, 6.07) is -0.0166. The summed E-state index contributed by atoms with van der Waals surface area (Å²) >= 11 is 1.73. The summed E-state index contributed by atoms with van der Waals surface area (Å²) in [6.45, 7) is 5.57. The van der Waals surface area contributed by atoms with Gasteiger partial charge in [0.1, 0.15) is 0 Å². The van der Waals surface area contributed by atoms with Crippen LogP contribution in [0.3, 0.4) is 0 Å². The molecule has 1 atom stereocenters. The number of likely N-dealkylation sites (tertiary alicyclic amines) is 1. The average molecular weight is 273 g/mol. The topological polar surface area (TPSA) is 58.4 Å². The summed E-state index contributed by atoms with van der Waals surface area (Å²) in [5.74, 6) is 0.974. The number of carbonyl (C=O) groups excluding carboxylic acids is 1. The first kappa shape index (κ1) is 15.8. The van der Waals surface area contributed by atoms with Crippen LogP contribution in [-0.2, 0) is 4.79 Å². The standard InChI is InChI=1S/C13H27N3OS/c1-3-7-16-8-4-11(5-9-16)15-13(17)12(14)6-10-18-2/h11-12H,3-10,14H2,1-2H3,(H,15,17)/t12-/m0/s1. The molecular formula is C13H27N3OS. The first-order valence-corrected chi connectivity index (χ1v) is 8.34. The summed E-state index contributed by atoms with van der Waals surface area (Å²) < 4.78 is 0. The number of hydrogen-bond acceptors (Lipinski definition) is 4. The minimum absolute atomic E-state index is 0.0259. The van der Waals surface area contributed by atoms with E-state index in [1.807, 2.05) is 6.26 Å². The zero-order valence-electron chi connectivity index (χ0n) is 11.7. The molecule has 106 valence electrons. The highest BCUT2D eigenvalue weighted by Gasteiger charge is 2.22. The number of rotatable bonds is 7. The first-order chi connectivity index (χ1) is 8.67. The van der Waals surface area contributed by atoms with E-state index < -0.39 is 0 Å². The van der Waals surface area contributed by atoms with E-state index in [2.05, 4.69) is 17.1 Å². The van der Waals surface area contributed by atoms with Gasteiger partial charge in [0, 0.05) is 19.1 Å². The molecule has 0 radical (unpaired) electrons. The van der Waals surface area contributed by atoms with Crippen molar-refractivity contribution in [1.82, 2.24) is 10.2 Å². The molecule has 1 heterocycles. The molecule has 0 saturated carbocycles. The zero-order valence-corrected chi connectivity index (χ0v) is 12.5. The third-order valence-corrected chi connectivity index (χ3v) is 4.09. The quantitative estimate of drug-likeness (QED) is 0.728. The molecule has 0 unspecified atom stereocenters. The second-order valence-corrected chi connectivity index (χ2v) is 6.00. The smallest absolute Gasteiger partial charge is 0.237 e. The van der Waals surface area contributed by atoms with Crippen LogP contribution in [0.15, 0.2) is 0 Å². The molecule has 1 aliphatic rings. The second kappa shape index (κ2) is 8.77. The van der Waals surface area contributed by atoms with Gasteiger partial charge in [0.05, 0.1) is 6.04 Å². The second-order valence-electron chi connectivity index (χ2n) is 5.01. The van der Waals surface area contributed by atoms with Crippen molar-refractivity contribution < 1.29 is 4.79 Å². The maximum absolute atomic E-state index is 11.9. The van der Waals surface area contributed by atoms with Gasteiger partial charge >= 0.3 is 0 Å². The van der Waals surface area contributed by atoms with E-state index in [9.17, 15) is 4.79 Å². The fourth-order valence-electron chi connectivity index (χ4n) is 2.30. The van der Waals surface area contributed by atoms with Crippen LogP contribution in [0.2, 0.25) is 0 Å². The normalized spacial score (nSPS) is 19.7. The molecule has 1 rings (SSSR count). The summed E-state index contributed by atoms with van der Waals surface area (Å²) in [6.07, 6.45) is 6.12. The largest absolute Gasteiger partial charge is 0.352 e. The molecule has 1 amide bonds. The Bertz CT molecular complexity index is 242. The number of nitrogens with zero attached hydrogens (tertiary/aromatic N) is 1. The van der Waals surface area contributed by atoms with Crippen molar-refractivity contribution in [3.05, 3.63) is 0 Å². The van der Waals surface area contributed by atoms with E-state index in [1.165, 1.54) is 13.0 Å². The molecule has 0 aliphatic carbocycles. The number of nitrogens with one attached hydrogen (secondary N) is 1. The van der Waals surface area contributed by atoms with Gasteiger partial charge in [-0.3, -0.25) is 4.79 Å². The highest BCUT2D eigenvalue weighted by atomic mass is 32.2. The van der Waals surface area contributed by atoms with Crippen molar-refractivity contribution in [1.29, 1.82) is 0 Å². The Morgan fingerprint density at radius 3 is 2.72 bits per heavy atom. The van der Waals surface area contributed by atoms with Crippen LogP contribution in [0.5, 0.6) is 0 Å². The van der Waals surface area contributed by atoms with Gasteiger partial charge in [-0.2, -0.15) is 11.8 Å². The minimum Gasteiger partial charge on any atom is -0.352 e. The third-order valence-electron chi connectivity index (χ3n) is 3.44. The van der Waals surface area contributed by atoms with Gasteiger partial charge in [-0.15, -0.1) is 0 Å². The Morgan fingerprint density at radius 1 is 1.50 bits per heavy atom. The highest BCUT2D eigenvalue weighted by Crippen LogP contribution is 2.11. The minimum atomic E-state index is -0.342. The molecule has 3 N–H and O–H groups in total. The number of piperidine rings is 1. The molecule has 1 aliphatic heterocycles. The van der Waals surface area contributed by atoms with E-state index in [0.717, 1.165) is 38.1 Å². The molecule has 4 nitrogen and oxygen atoms in total. The van der Waals surface area contributed by atoms with Crippen molar-refractivity contribution in [2.45, 2.75) is 44.7 Å². The lowest BCUT2D eigenvalue weighted by Crippen LogP contribution is -2.49. The molecule has 1 saturated heterocycles. The summed E-state index contributed by atoms with van der Waals surface area (Å²) in [5, 5.41) is 3.09. The van der Waals surface area contributed by atoms with Crippen LogP contribution in [-0.4, -0.2) is 54.5 Å². The van der Waals surface area contributed by atoms with Gasteiger partial charge in [-0.1, -0.05) is 6.92 Å². The van der Waals surface area contributed by atoms with Gasteiger partial charge in [0.25, 0.3) is 0 Å². The lowest BCUT2D eigenvalue weighted by Gasteiger charge is -2.32. The number of carbonyl (C=O) groups is 1. The Labute approximate surface area is 115 Å². The Hall–Kier alpha value is -0.260. The van der Waals surface area contributed by atoms with E-state index in [-0.39, 0.29) is 11.9 Å². The van der Waals surface area contributed by atoms with Crippen LogP contribution in [0.1, 0.15) is 32.6 Å². The molecule has 0 spiro atoms. The highest BCUT2D eigenvalue weighted by molar-refractivity contribution is 7.98. The molecule has 0 aromatic carbocycles. The fraction of sp³-hybridized carbons (Fsp3) is 0.923. The molecule has 5 heteroatoms. The van der Waals surface area contributed by atoms with Crippen LogP contribution >= 0.6 is 11.8 Å². The van der Waals surface area contributed by atoms with E-state index in [1.54, 1.807) is 11.8 Å². The van der Waals surface area contributed by atoms with Gasteiger partial charge in [0.2, 0.25) is 5.91 Å². The van der Waals surface area contributed by atoms with Gasteiger partial charge in [-0.25, -0.2) is 0 Å². The summed E-state index contributed by atoms with van der Waals surface area (Å²) in [5.41, 5.74) is 5.86. The maximum atomic E-state index is 11.9. The molecule has 0 bridgehead atoms. The molecule has 0 aromatic rings. The van der Waals surface area contributed by atoms with E-state index in [4.69, 9.17) is 5.73 Å². The Kier molecular flexibility index (Phi) is 7.70. The molecule has 0 aromatic heterocycles. The first-order valence-electron chi connectivity index (χ1n) is 6.94.